The van der Waals surface area contributed by atoms with Crippen molar-refractivity contribution >= 4 is 33.9 Å². The van der Waals surface area contributed by atoms with Crippen LogP contribution in [0.2, 0.25) is 0 Å². The van der Waals surface area contributed by atoms with Gasteiger partial charge in [0.15, 0.2) is 0 Å². The van der Waals surface area contributed by atoms with Gasteiger partial charge in [-0.15, -0.1) is 0 Å². The normalized spacial score (nSPS) is 12.5. The molecule has 30 heavy (non-hydrogen) atoms. The molecular weight excluding hydrogens is 463 g/mol. The first-order valence-corrected chi connectivity index (χ1v) is 12.7. The summed E-state index contributed by atoms with van der Waals surface area (Å²) in [5, 5.41) is 1.06. The molecule has 0 saturated carbocycles. The van der Waals surface area contributed by atoms with Crippen LogP contribution in [0.3, 0.4) is 0 Å². The molecule has 154 valence electrons. The second-order valence-electron chi connectivity index (χ2n) is 6.49. The van der Waals surface area contributed by atoms with Gasteiger partial charge in [0.2, 0.25) is 0 Å². The Labute approximate surface area is 183 Å². The third-order valence-electron chi connectivity index (χ3n) is 4.31. The minimum atomic E-state index is -3.58. The second kappa shape index (κ2) is 10.9. The van der Waals surface area contributed by atoms with Crippen molar-refractivity contribution < 1.29 is 17.9 Å². The van der Waals surface area contributed by atoms with Crippen LogP contribution in [0, 0.1) is 0 Å². The maximum atomic E-state index is 12.4. The van der Waals surface area contributed by atoms with E-state index in [-0.39, 0.29) is 24.5 Å². The van der Waals surface area contributed by atoms with Crippen molar-refractivity contribution in [3.63, 3.8) is 0 Å². The third kappa shape index (κ3) is 6.70. The number of hydrogen-bond donors (Lipinski definition) is 0. The molecule has 0 aliphatic rings. The summed E-state index contributed by atoms with van der Waals surface area (Å²) in [6.07, 6.45) is 1.66. The van der Waals surface area contributed by atoms with Gasteiger partial charge in [-0.05, 0) is 0 Å². The van der Waals surface area contributed by atoms with Gasteiger partial charge in [0, 0.05) is 0 Å². The number of hydrogen-bond acceptors (Lipinski definition) is 4. The molecule has 1 unspecified atom stereocenters. The number of ether oxygens (including phenoxy) is 1. The standard InChI is InChI=1S/C24H22O4SSe/c25-24(30-22-14-8-3-9-15-22)17-16-23(20-10-4-1-5-11-20)28-18-19-29(26,27)21-12-6-2-7-13-21/h1-15,18-19,23H,16-17H2/b19-18+. The fourth-order valence-corrected chi connectivity index (χ4v) is 5.32. The summed E-state index contributed by atoms with van der Waals surface area (Å²) < 4.78 is 31.8. The first-order chi connectivity index (χ1) is 14.5. The van der Waals surface area contributed by atoms with Crippen molar-refractivity contribution in [3.05, 3.63) is 108 Å². The van der Waals surface area contributed by atoms with E-state index in [2.05, 4.69) is 0 Å². The van der Waals surface area contributed by atoms with Crippen molar-refractivity contribution in [1.82, 2.24) is 0 Å². The minimum absolute atomic E-state index is 0.180. The van der Waals surface area contributed by atoms with Crippen LogP contribution in [0.15, 0.2) is 108 Å². The van der Waals surface area contributed by atoms with Crippen LogP contribution in [-0.4, -0.2) is 28.1 Å². The molecule has 0 N–H and O–H groups in total. The van der Waals surface area contributed by atoms with Crippen LogP contribution in [-0.2, 0) is 19.4 Å². The molecule has 0 heterocycles. The molecule has 3 rings (SSSR count). The Morgan fingerprint density at radius 1 is 0.867 bits per heavy atom. The van der Waals surface area contributed by atoms with Gasteiger partial charge >= 0.3 is 184 Å². The summed E-state index contributed by atoms with van der Waals surface area (Å²) in [6, 6.07) is 27.4. The van der Waals surface area contributed by atoms with Gasteiger partial charge in [-0.2, -0.15) is 0 Å². The van der Waals surface area contributed by atoms with E-state index in [1.165, 1.54) is 6.26 Å². The summed E-state index contributed by atoms with van der Waals surface area (Å²) in [6.45, 7) is 0. The zero-order valence-corrected chi connectivity index (χ0v) is 18.8. The SMILES string of the molecule is O=C(CCC(O/C=C/S(=O)(=O)c1ccccc1)c1ccccc1)[Se]c1ccccc1. The summed E-state index contributed by atoms with van der Waals surface area (Å²) in [4.78, 5) is 12.6. The van der Waals surface area contributed by atoms with Crippen LogP contribution < -0.4 is 4.46 Å². The van der Waals surface area contributed by atoms with Crippen LogP contribution in [0.4, 0.5) is 0 Å². The third-order valence-corrected chi connectivity index (χ3v) is 7.68. The topological polar surface area (TPSA) is 60.4 Å². The van der Waals surface area contributed by atoms with Gasteiger partial charge in [0.25, 0.3) is 0 Å². The van der Waals surface area contributed by atoms with Crippen molar-refractivity contribution in [2.45, 2.75) is 23.8 Å². The molecule has 0 radical (unpaired) electrons. The molecule has 0 aliphatic heterocycles. The number of rotatable bonds is 10. The molecule has 6 heteroatoms. The summed E-state index contributed by atoms with van der Waals surface area (Å²) in [5.74, 6) is 0. The molecule has 1 atom stereocenters. The van der Waals surface area contributed by atoms with E-state index in [4.69, 9.17) is 4.74 Å². The van der Waals surface area contributed by atoms with Crippen molar-refractivity contribution in [2.75, 3.05) is 0 Å². The van der Waals surface area contributed by atoms with E-state index >= 15 is 0 Å². The Kier molecular flexibility index (Phi) is 8.03. The summed E-state index contributed by atoms with van der Waals surface area (Å²) >= 11 is -0.241. The zero-order valence-electron chi connectivity index (χ0n) is 16.3. The first-order valence-electron chi connectivity index (χ1n) is 9.47. The van der Waals surface area contributed by atoms with Crippen LogP contribution >= 0.6 is 0 Å². The summed E-state index contributed by atoms with van der Waals surface area (Å²) in [5.41, 5.74) is 0.902. The van der Waals surface area contributed by atoms with Crippen LogP contribution in [0.25, 0.3) is 0 Å². The zero-order chi connectivity index (χ0) is 21.2. The molecular formula is C24H22O4SSe. The van der Waals surface area contributed by atoms with Crippen molar-refractivity contribution in [1.29, 1.82) is 0 Å². The van der Waals surface area contributed by atoms with Crippen LogP contribution in [0.1, 0.15) is 24.5 Å². The predicted molar refractivity (Wildman–Crippen MR) is 119 cm³/mol. The maximum absolute atomic E-state index is 12.4. The number of carbonyl (C=O) groups excluding carboxylic acids is 1. The molecule has 4 nitrogen and oxygen atoms in total. The van der Waals surface area contributed by atoms with Gasteiger partial charge in [-0.3, -0.25) is 0 Å². The van der Waals surface area contributed by atoms with E-state index in [9.17, 15) is 13.2 Å². The van der Waals surface area contributed by atoms with Crippen molar-refractivity contribution in [2.24, 2.45) is 0 Å². The van der Waals surface area contributed by atoms with Gasteiger partial charge in [-0.25, -0.2) is 0 Å². The monoisotopic (exact) mass is 486 g/mol. The predicted octanol–water partition coefficient (Wildman–Crippen LogP) is 4.03. The molecule has 0 fully saturated rings. The van der Waals surface area contributed by atoms with E-state index < -0.39 is 15.9 Å². The van der Waals surface area contributed by atoms with Gasteiger partial charge in [0.1, 0.15) is 0 Å². The summed E-state index contributed by atoms with van der Waals surface area (Å²) in [7, 11) is -3.58. The molecule has 0 bridgehead atoms. The fraction of sp³-hybridized carbons (Fsp3) is 0.125. The molecule has 0 aromatic heterocycles. The Hall–Kier alpha value is -2.66. The molecule has 0 amide bonds. The van der Waals surface area contributed by atoms with E-state index in [1.807, 2.05) is 60.7 Å². The van der Waals surface area contributed by atoms with Gasteiger partial charge in [-0.1, -0.05) is 0 Å². The van der Waals surface area contributed by atoms with Gasteiger partial charge in [0.05, 0.1) is 0 Å². The second-order valence-corrected chi connectivity index (χ2v) is 10.7. The van der Waals surface area contributed by atoms with Crippen LogP contribution in [0.5, 0.6) is 0 Å². The number of carbonyl (C=O) groups is 1. The molecule has 0 saturated heterocycles. The Morgan fingerprint density at radius 3 is 2.07 bits per heavy atom. The quantitative estimate of drug-likeness (QED) is 0.322. The molecule has 3 aromatic carbocycles. The average molecular weight is 485 g/mol. The van der Waals surface area contributed by atoms with Gasteiger partial charge < -0.3 is 0 Å². The van der Waals surface area contributed by atoms with Crippen molar-refractivity contribution in [3.8, 4) is 0 Å². The first kappa shape index (κ1) is 22.0. The number of benzene rings is 3. The Bertz CT molecular complexity index is 1070. The Morgan fingerprint density at radius 2 is 1.43 bits per heavy atom. The molecule has 0 spiro atoms. The Balaban J connectivity index is 1.65. The fourth-order valence-electron chi connectivity index (χ4n) is 2.79. The van der Waals surface area contributed by atoms with E-state index in [0.29, 0.717) is 12.8 Å². The van der Waals surface area contributed by atoms with E-state index in [1.54, 1.807) is 30.3 Å². The molecule has 3 aromatic rings. The average Bonchev–Trinajstić information content (AvgIpc) is 2.78. The molecule has 0 aliphatic carbocycles. The number of sulfone groups is 1. The van der Waals surface area contributed by atoms with E-state index in [0.717, 1.165) is 15.4 Å².